The van der Waals surface area contributed by atoms with Crippen molar-refractivity contribution >= 4 is 13.3 Å². The van der Waals surface area contributed by atoms with Crippen LogP contribution in [0.15, 0.2) is 42.6 Å². The van der Waals surface area contributed by atoms with E-state index in [0.717, 1.165) is 5.19 Å². The van der Waals surface area contributed by atoms with Crippen LogP contribution in [-0.4, -0.2) is 13.1 Å². The largest absolute Gasteiger partial charge is 0.416 e. The van der Waals surface area contributed by atoms with E-state index in [0.29, 0.717) is 11.3 Å². The van der Waals surface area contributed by atoms with Crippen LogP contribution >= 0.6 is 0 Å². The molecule has 106 valence electrons. The Kier molecular flexibility index (Phi) is 3.73. The number of rotatable bonds is 2. The summed E-state index contributed by atoms with van der Waals surface area (Å²) in [5.74, 6) is 0. The lowest BCUT2D eigenvalue weighted by Crippen LogP contribution is -2.39. The molecule has 0 aliphatic carbocycles. The Balaban J connectivity index is 2.67. The number of benzene rings is 1. The lowest BCUT2D eigenvalue weighted by molar-refractivity contribution is -0.137. The minimum Gasteiger partial charge on any atom is -0.256 e. The van der Waals surface area contributed by atoms with Crippen LogP contribution in [0, 0.1) is 0 Å². The topological polar surface area (TPSA) is 12.9 Å². The highest BCUT2D eigenvalue weighted by Gasteiger charge is 2.32. The quantitative estimate of drug-likeness (QED) is 0.752. The van der Waals surface area contributed by atoms with Crippen molar-refractivity contribution in [1.29, 1.82) is 0 Å². The molecule has 1 aromatic carbocycles. The van der Waals surface area contributed by atoms with Gasteiger partial charge in [-0.2, -0.15) is 13.2 Å². The maximum Gasteiger partial charge on any atom is 0.416 e. The van der Waals surface area contributed by atoms with Crippen LogP contribution in [0.5, 0.6) is 0 Å². The minimum atomic E-state index is -4.33. The van der Waals surface area contributed by atoms with Crippen LogP contribution in [0.2, 0.25) is 19.6 Å². The lowest BCUT2D eigenvalue weighted by atomic mass is 10.1. The first kappa shape index (κ1) is 14.8. The smallest absolute Gasteiger partial charge is 0.256 e. The molecule has 0 fully saturated rings. The summed E-state index contributed by atoms with van der Waals surface area (Å²) in [5.41, 5.74) is 0.566. The molecule has 0 N–H and O–H groups in total. The number of nitrogens with zero attached hydrogens (tertiary/aromatic N) is 1. The zero-order valence-corrected chi connectivity index (χ0v) is 12.6. The number of aromatic nitrogens is 1. The van der Waals surface area contributed by atoms with E-state index in [1.165, 1.54) is 12.1 Å². The molecule has 1 aromatic heterocycles. The second-order valence-corrected chi connectivity index (χ2v) is 10.8. The van der Waals surface area contributed by atoms with Gasteiger partial charge >= 0.3 is 6.18 Å². The maximum atomic E-state index is 12.9. The molecule has 0 atom stereocenters. The van der Waals surface area contributed by atoms with Gasteiger partial charge in [0.15, 0.2) is 0 Å². The van der Waals surface area contributed by atoms with Gasteiger partial charge in [-0.25, -0.2) is 0 Å². The van der Waals surface area contributed by atoms with E-state index in [1.54, 1.807) is 30.5 Å². The number of hydrogen-bond donors (Lipinski definition) is 0. The van der Waals surface area contributed by atoms with Crippen molar-refractivity contribution < 1.29 is 13.2 Å². The van der Waals surface area contributed by atoms with E-state index >= 15 is 0 Å². The van der Waals surface area contributed by atoms with Gasteiger partial charge < -0.3 is 0 Å². The standard InChI is InChI=1S/C15H16F3NSi/c1-20(2,3)14-8-7-11(15(16,17)18)10-12(14)13-6-4-5-9-19-13/h4-10H,1-3H3. The molecule has 2 aromatic rings. The third kappa shape index (κ3) is 3.09. The Bertz CT molecular complexity index is 601. The van der Waals surface area contributed by atoms with Crippen LogP contribution in [0.25, 0.3) is 11.3 Å². The molecule has 0 unspecified atom stereocenters. The fourth-order valence-electron chi connectivity index (χ4n) is 2.11. The molecule has 0 bridgehead atoms. The van der Waals surface area contributed by atoms with E-state index in [9.17, 15) is 13.2 Å². The average molecular weight is 295 g/mol. The van der Waals surface area contributed by atoms with Crippen molar-refractivity contribution in [2.75, 3.05) is 0 Å². The highest BCUT2D eigenvalue weighted by Crippen LogP contribution is 2.31. The van der Waals surface area contributed by atoms with Crippen LogP contribution in [-0.2, 0) is 6.18 Å². The van der Waals surface area contributed by atoms with Gasteiger partial charge in [-0.1, -0.05) is 43.0 Å². The van der Waals surface area contributed by atoms with Gasteiger partial charge in [0.1, 0.15) is 0 Å². The summed E-state index contributed by atoms with van der Waals surface area (Å²) in [6.45, 7) is 6.34. The SMILES string of the molecule is C[Si](C)(C)c1ccc(C(F)(F)F)cc1-c1ccccn1. The van der Waals surface area contributed by atoms with E-state index in [-0.39, 0.29) is 0 Å². The monoisotopic (exact) mass is 295 g/mol. The van der Waals surface area contributed by atoms with Gasteiger partial charge in [0, 0.05) is 6.20 Å². The zero-order chi connectivity index (χ0) is 15.0. The Morgan fingerprint density at radius 2 is 1.70 bits per heavy atom. The molecule has 1 heterocycles. The molecule has 0 saturated heterocycles. The minimum absolute atomic E-state index is 0.594. The van der Waals surface area contributed by atoms with Gasteiger partial charge in [-0.05, 0) is 23.8 Å². The van der Waals surface area contributed by atoms with Crippen LogP contribution in [0.4, 0.5) is 13.2 Å². The molecule has 0 aliphatic rings. The first-order valence-electron chi connectivity index (χ1n) is 6.33. The first-order chi connectivity index (χ1) is 9.19. The Morgan fingerprint density at radius 1 is 1.00 bits per heavy atom. The van der Waals surface area contributed by atoms with E-state index in [4.69, 9.17) is 0 Å². The van der Waals surface area contributed by atoms with Gasteiger partial charge in [-0.15, -0.1) is 0 Å². The molecule has 0 radical (unpaired) electrons. The van der Waals surface area contributed by atoms with Crippen molar-refractivity contribution in [2.24, 2.45) is 0 Å². The lowest BCUT2D eigenvalue weighted by Gasteiger charge is -2.22. The van der Waals surface area contributed by atoms with Gasteiger partial charge in [0.25, 0.3) is 0 Å². The fourth-order valence-corrected chi connectivity index (χ4v) is 3.70. The second kappa shape index (κ2) is 5.05. The predicted molar refractivity (Wildman–Crippen MR) is 77.7 cm³/mol. The normalized spacial score (nSPS) is 12.5. The molecular formula is C15H16F3NSi. The zero-order valence-electron chi connectivity index (χ0n) is 11.6. The van der Waals surface area contributed by atoms with Crippen LogP contribution in [0.1, 0.15) is 5.56 Å². The second-order valence-electron chi connectivity index (χ2n) is 5.72. The molecule has 0 spiro atoms. The predicted octanol–water partition coefficient (Wildman–Crippen LogP) is 4.31. The average Bonchev–Trinajstić information content (AvgIpc) is 2.37. The number of alkyl halides is 3. The summed E-state index contributed by atoms with van der Waals surface area (Å²) >= 11 is 0. The summed E-state index contributed by atoms with van der Waals surface area (Å²) in [6, 6.07) is 9.29. The van der Waals surface area contributed by atoms with Crippen LogP contribution in [0.3, 0.4) is 0 Å². The summed E-state index contributed by atoms with van der Waals surface area (Å²) < 4.78 is 38.7. The molecule has 0 aliphatic heterocycles. The van der Waals surface area contributed by atoms with E-state index in [2.05, 4.69) is 24.6 Å². The molecule has 1 nitrogen and oxygen atoms in total. The summed E-state index contributed by atoms with van der Waals surface area (Å²) in [6.07, 6.45) is -2.73. The van der Waals surface area contributed by atoms with Crippen molar-refractivity contribution in [3.63, 3.8) is 0 Å². The summed E-state index contributed by atoms with van der Waals surface area (Å²) in [7, 11) is -1.75. The number of hydrogen-bond acceptors (Lipinski definition) is 1. The van der Waals surface area contributed by atoms with Gasteiger partial charge in [0.05, 0.1) is 19.3 Å². The van der Waals surface area contributed by atoms with Gasteiger partial charge in [-0.3, -0.25) is 4.98 Å². The van der Waals surface area contributed by atoms with Crippen molar-refractivity contribution in [3.05, 3.63) is 48.2 Å². The van der Waals surface area contributed by atoms with Gasteiger partial charge in [0.2, 0.25) is 0 Å². The van der Waals surface area contributed by atoms with Crippen LogP contribution < -0.4 is 5.19 Å². The highest BCUT2D eigenvalue weighted by molar-refractivity contribution is 6.89. The maximum absolute atomic E-state index is 12.9. The molecule has 5 heteroatoms. The first-order valence-corrected chi connectivity index (χ1v) is 9.83. The third-order valence-corrected chi connectivity index (χ3v) is 5.15. The molecule has 0 amide bonds. The Labute approximate surface area is 117 Å². The van der Waals surface area contributed by atoms with E-state index < -0.39 is 19.8 Å². The fraction of sp³-hybridized carbons (Fsp3) is 0.267. The molecule has 0 saturated carbocycles. The number of halogens is 3. The van der Waals surface area contributed by atoms with Crippen molar-refractivity contribution in [3.8, 4) is 11.3 Å². The summed E-state index contributed by atoms with van der Waals surface area (Å²) in [4.78, 5) is 4.20. The Hall–Kier alpha value is -1.62. The summed E-state index contributed by atoms with van der Waals surface area (Å²) in [5, 5.41) is 0.990. The molecular weight excluding hydrogens is 279 g/mol. The molecule has 20 heavy (non-hydrogen) atoms. The van der Waals surface area contributed by atoms with Crippen molar-refractivity contribution in [1.82, 2.24) is 4.98 Å². The van der Waals surface area contributed by atoms with Crippen molar-refractivity contribution in [2.45, 2.75) is 25.8 Å². The van der Waals surface area contributed by atoms with E-state index in [1.807, 2.05) is 0 Å². The Morgan fingerprint density at radius 3 is 2.20 bits per heavy atom. The highest BCUT2D eigenvalue weighted by atomic mass is 28.3. The molecule has 2 rings (SSSR count). The third-order valence-electron chi connectivity index (χ3n) is 3.10. The number of pyridine rings is 1.